The van der Waals surface area contributed by atoms with Gasteiger partial charge >= 0.3 is 6.03 Å². The normalized spacial score (nSPS) is 17.2. The number of piperidine rings is 1. The van der Waals surface area contributed by atoms with Gasteiger partial charge in [0.25, 0.3) is 11.7 Å². The Labute approximate surface area is 153 Å². The second kappa shape index (κ2) is 7.06. The molecule has 27 heavy (non-hydrogen) atoms. The summed E-state index contributed by atoms with van der Waals surface area (Å²) in [6.45, 7) is 1.16. The number of carbonyl (C=O) groups excluding carboxylic acids is 2. The van der Waals surface area contributed by atoms with Crippen LogP contribution in [0.5, 0.6) is 0 Å². The Morgan fingerprint density at radius 3 is 2.93 bits per heavy atom. The van der Waals surface area contributed by atoms with E-state index >= 15 is 0 Å². The topological polar surface area (TPSA) is 140 Å². The van der Waals surface area contributed by atoms with Crippen molar-refractivity contribution in [3.05, 3.63) is 41.9 Å². The van der Waals surface area contributed by atoms with E-state index in [0.717, 1.165) is 23.9 Å². The van der Waals surface area contributed by atoms with Crippen molar-refractivity contribution in [2.75, 3.05) is 13.1 Å². The van der Waals surface area contributed by atoms with Crippen molar-refractivity contribution in [2.45, 2.75) is 25.3 Å². The molecule has 0 bridgehead atoms. The van der Waals surface area contributed by atoms with Gasteiger partial charge in [-0.25, -0.2) is 9.78 Å². The van der Waals surface area contributed by atoms with E-state index in [2.05, 4.69) is 20.4 Å². The number of amides is 3. The van der Waals surface area contributed by atoms with E-state index in [1.165, 1.54) is 0 Å². The fourth-order valence-electron chi connectivity index (χ4n) is 3.12. The van der Waals surface area contributed by atoms with Crippen molar-refractivity contribution in [3.8, 4) is 0 Å². The summed E-state index contributed by atoms with van der Waals surface area (Å²) in [6, 6.07) is 7.34. The van der Waals surface area contributed by atoms with E-state index in [1.54, 1.807) is 4.90 Å². The summed E-state index contributed by atoms with van der Waals surface area (Å²) in [7, 11) is 0. The first-order valence-electron chi connectivity index (χ1n) is 8.61. The number of likely N-dealkylation sites (tertiary alicyclic amines) is 1. The molecule has 0 radical (unpaired) electrons. The maximum absolute atomic E-state index is 12.4. The standard InChI is InChI=1S/C17H18N6O4/c18-14(24)15-21-13(27-22-15)8-19-17(25)23-7-3-4-10(9-23)16-20-11-5-1-2-6-12(11)26-16/h1-2,5-6,10H,3-4,7-9H2,(H2,18,24)(H,19,25). The van der Waals surface area contributed by atoms with E-state index in [9.17, 15) is 9.59 Å². The van der Waals surface area contributed by atoms with Crippen LogP contribution in [0.3, 0.4) is 0 Å². The molecule has 1 aliphatic heterocycles. The van der Waals surface area contributed by atoms with Crippen LogP contribution >= 0.6 is 0 Å². The van der Waals surface area contributed by atoms with Gasteiger partial charge in [0.15, 0.2) is 11.5 Å². The molecule has 1 saturated heterocycles. The Hall–Kier alpha value is -3.43. The molecule has 3 heterocycles. The van der Waals surface area contributed by atoms with Crippen LogP contribution in [-0.4, -0.2) is 45.1 Å². The lowest BCUT2D eigenvalue weighted by Gasteiger charge is -2.31. The average Bonchev–Trinajstić information content (AvgIpc) is 3.33. The predicted octanol–water partition coefficient (Wildman–Crippen LogP) is 1.40. The minimum Gasteiger partial charge on any atom is -0.440 e. The summed E-state index contributed by atoms with van der Waals surface area (Å²) in [5, 5.41) is 6.14. The van der Waals surface area contributed by atoms with Gasteiger partial charge in [0.1, 0.15) is 5.52 Å². The zero-order valence-electron chi connectivity index (χ0n) is 14.4. The van der Waals surface area contributed by atoms with Gasteiger partial charge in [-0.05, 0) is 25.0 Å². The quantitative estimate of drug-likeness (QED) is 0.707. The van der Waals surface area contributed by atoms with Crippen molar-refractivity contribution < 1.29 is 18.5 Å². The molecule has 3 aromatic rings. The Morgan fingerprint density at radius 1 is 1.30 bits per heavy atom. The van der Waals surface area contributed by atoms with Crippen LogP contribution in [0.15, 0.2) is 33.2 Å². The second-order valence-electron chi connectivity index (χ2n) is 6.34. The van der Waals surface area contributed by atoms with Crippen molar-refractivity contribution in [2.24, 2.45) is 5.73 Å². The monoisotopic (exact) mass is 370 g/mol. The van der Waals surface area contributed by atoms with Gasteiger partial charge in [-0.1, -0.05) is 17.3 Å². The molecular formula is C17H18N6O4. The number of hydrogen-bond acceptors (Lipinski definition) is 7. The van der Waals surface area contributed by atoms with Crippen molar-refractivity contribution >= 4 is 23.0 Å². The van der Waals surface area contributed by atoms with E-state index in [0.29, 0.717) is 19.0 Å². The van der Waals surface area contributed by atoms with Crippen LogP contribution in [0.1, 0.15) is 41.2 Å². The number of primary amides is 1. The number of nitrogens with one attached hydrogen (secondary N) is 1. The fraction of sp³-hybridized carbons (Fsp3) is 0.353. The number of oxazole rings is 1. The van der Waals surface area contributed by atoms with Gasteiger partial charge in [-0.15, -0.1) is 0 Å². The zero-order valence-corrected chi connectivity index (χ0v) is 14.4. The lowest BCUT2D eigenvalue weighted by Crippen LogP contribution is -2.44. The molecule has 1 aliphatic rings. The third-order valence-corrected chi connectivity index (χ3v) is 4.45. The van der Waals surface area contributed by atoms with Gasteiger partial charge in [0, 0.05) is 13.1 Å². The smallest absolute Gasteiger partial charge is 0.317 e. The summed E-state index contributed by atoms with van der Waals surface area (Å²) in [5.74, 6) is -0.190. The first-order valence-corrected chi connectivity index (χ1v) is 8.61. The van der Waals surface area contributed by atoms with Gasteiger partial charge < -0.3 is 24.9 Å². The Balaban J connectivity index is 1.38. The number of hydrogen-bond donors (Lipinski definition) is 2. The Kier molecular flexibility index (Phi) is 4.45. The lowest BCUT2D eigenvalue weighted by molar-refractivity contribution is 0.0987. The molecule has 1 atom stereocenters. The first-order chi connectivity index (χ1) is 13.1. The number of para-hydroxylation sites is 2. The van der Waals surface area contributed by atoms with Gasteiger partial charge in [-0.3, -0.25) is 4.79 Å². The molecular weight excluding hydrogens is 352 g/mol. The van der Waals surface area contributed by atoms with Crippen LogP contribution < -0.4 is 11.1 Å². The number of urea groups is 1. The first kappa shape index (κ1) is 17.0. The summed E-state index contributed by atoms with van der Waals surface area (Å²) >= 11 is 0. The maximum Gasteiger partial charge on any atom is 0.317 e. The molecule has 0 aliphatic carbocycles. The fourth-order valence-corrected chi connectivity index (χ4v) is 3.12. The van der Waals surface area contributed by atoms with Gasteiger partial charge in [-0.2, -0.15) is 4.98 Å². The number of benzene rings is 1. The van der Waals surface area contributed by atoms with Crippen LogP contribution in [0.2, 0.25) is 0 Å². The minimum absolute atomic E-state index is 0.0170. The minimum atomic E-state index is -0.784. The van der Waals surface area contributed by atoms with Gasteiger partial charge in [0.2, 0.25) is 5.89 Å². The average molecular weight is 370 g/mol. The van der Waals surface area contributed by atoms with Crippen LogP contribution in [-0.2, 0) is 6.54 Å². The Bertz CT molecular complexity index is 948. The number of rotatable bonds is 4. The largest absolute Gasteiger partial charge is 0.440 e. The van der Waals surface area contributed by atoms with E-state index in [-0.39, 0.29) is 30.2 Å². The SMILES string of the molecule is NC(=O)c1noc(CNC(=O)N2CCCC(c3nc4ccccc4o3)C2)n1. The highest BCUT2D eigenvalue weighted by Gasteiger charge is 2.28. The maximum atomic E-state index is 12.4. The summed E-state index contributed by atoms with van der Waals surface area (Å²) in [5.41, 5.74) is 6.63. The summed E-state index contributed by atoms with van der Waals surface area (Å²) in [6.07, 6.45) is 1.76. The van der Waals surface area contributed by atoms with Crippen LogP contribution in [0, 0.1) is 0 Å². The molecule has 0 saturated carbocycles. The molecule has 1 fully saturated rings. The molecule has 1 aromatic carbocycles. The molecule has 0 spiro atoms. The number of aromatic nitrogens is 3. The molecule has 2 aromatic heterocycles. The van der Waals surface area contributed by atoms with Crippen molar-refractivity contribution in [3.63, 3.8) is 0 Å². The number of carbonyl (C=O) groups is 2. The molecule has 10 nitrogen and oxygen atoms in total. The predicted molar refractivity (Wildman–Crippen MR) is 92.6 cm³/mol. The third-order valence-electron chi connectivity index (χ3n) is 4.45. The third kappa shape index (κ3) is 3.59. The van der Waals surface area contributed by atoms with Gasteiger partial charge in [0.05, 0.1) is 12.5 Å². The highest BCUT2D eigenvalue weighted by molar-refractivity contribution is 5.88. The Morgan fingerprint density at radius 2 is 2.15 bits per heavy atom. The van der Waals surface area contributed by atoms with Crippen LogP contribution in [0.25, 0.3) is 11.1 Å². The number of nitrogens with zero attached hydrogens (tertiary/aromatic N) is 4. The number of fused-ring (bicyclic) bond motifs is 1. The van der Waals surface area contributed by atoms with Crippen molar-refractivity contribution in [1.82, 2.24) is 25.3 Å². The lowest BCUT2D eigenvalue weighted by atomic mass is 9.98. The molecule has 10 heteroatoms. The second-order valence-corrected chi connectivity index (χ2v) is 6.34. The molecule has 4 rings (SSSR count). The summed E-state index contributed by atoms with van der Waals surface area (Å²) < 4.78 is 10.7. The summed E-state index contributed by atoms with van der Waals surface area (Å²) in [4.78, 5) is 33.5. The zero-order chi connectivity index (χ0) is 18.8. The molecule has 1 unspecified atom stereocenters. The van der Waals surface area contributed by atoms with E-state index in [4.69, 9.17) is 14.7 Å². The highest BCUT2D eigenvalue weighted by Crippen LogP contribution is 2.28. The van der Waals surface area contributed by atoms with Crippen molar-refractivity contribution in [1.29, 1.82) is 0 Å². The highest BCUT2D eigenvalue weighted by atomic mass is 16.5. The molecule has 140 valence electrons. The van der Waals surface area contributed by atoms with E-state index in [1.807, 2.05) is 24.3 Å². The molecule has 3 amide bonds. The van der Waals surface area contributed by atoms with E-state index < -0.39 is 5.91 Å². The molecule has 3 N–H and O–H groups in total. The van der Waals surface area contributed by atoms with Crippen LogP contribution in [0.4, 0.5) is 4.79 Å². The number of nitrogens with two attached hydrogens (primary N) is 1.